The molecular weight excluding hydrogens is 282 g/mol. The molecule has 3 nitrogen and oxygen atoms in total. The lowest BCUT2D eigenvalue weighted by atomic mass is 9.90. The van der Waals surface area contributed by atoms with Crippen molar-refractivity contribution in [3.63, 3.8) is 0 Å². The van der Waals surface area contributed by atoms with Gasteiger partial charge in [-0.05, 0) is 43.0 Å². The molecule has 1 aliphatic heterocycles. The lowest BCUT2D eigenvalue weighted by Gasteiger charge is -2.39. The maximum Gasteiger partial charge on any atom is 0.0702 e. The van der Waals surface area contributed by atoms with Gasteiger partial charge >= 0.3 is 0 Å². The standard InChI is InChI=1S/C17H23N3.ClH/c1-13-5-4-8-20(17(13)10-18)12-14-9-15-6-2-3-7-16(15)19-11-14;/h2-3,6-7,9,11,13,17H,4-5,8,10,12,18H2,1H3;1H. The molecule has 2 heterocycles. The fourth-order valence-electron chi connectivity index (χ4n) is 3.35. The Morgan fingerprint density at radius 2 is 2.14 bits per heavy atom. The number of fused-ring (bicyclic) bond motifs is 1. The topological polar surface area (TPSA) is 42.2 Å². The van der Waals surface area contributed by atoms with Crippen molar-refractivity contribution in [1.82, 2.24) is 9.88 Å². The van der Waals surface area contributed by atoms with Gasteiger partial charge in [-0.2, -0.15) is 0 Å². The van der Waals surface area contributed by atoms with Crippen LogP contribution in [-0.4, -0.2) is 29.0 Å². The maximum atomic E-state index is 5.97. The third-order valence-electron chi connectivity index (χ3n) is 4.50. The lowest BCUT2D eigenvalue weighted by molar-refractivity contribution is 0.0990. The molecule has 0 bridgehead atoms. The minimum Gasteiger partial charge on any atom is -0.329 e. The van der Waals surface area contributed by atoms with Crippen molar-refractivity contribution in [3.05, 3.63) is 42.1 Å². The minimum atomic E-state index is 0. The van der Waals surface area contributed by atoms with E-state index >= 15 is 0 Å². The van der Waals surface area contributed by atoms with Gasteiger partial charge in [-0.15, -0.1) is 12.4 Å². The summed E-state index contributed by atoms with van der Waals surface area (Å²) in [5, 5.41) is 1.22. The van der Waals surface area contributed by atoms with E-state index in [1.165, 1.54) is 23.8 Å². The fraction of sp³-hybridized carbons (Fsp3) is 0.471. The van der Waals surface area contributed by atoms with Crippen LogP contribution in [0.3, 0.4) is 0 Å². The molecule has 2 aromatic rings. The summed E-state index contributed by atoms with van der Waals surface area (Å²) in [7, 11) is 0. The molecule has 1 aliphatic rings. The second kappa shape index (κ2) is 7.21. The smallest absolute Gasteiger partial charge is 0.0702 e. The summed E-state index contributed by atoms with van der Waals surface area (Å²) in [5.41, 5.74) is 8.33. The molecule has 2 unspecified atom stereocenters. The summed E-state index contributed by atoms with van der Waals surface area (Å²) in [6, 6.07) is 11.1. The van der Waals surface area contributed by atoms with Crippen molar-refractivity contribution < 1.29 is 0 Å². The Kier molecular flexibility index (Phi) is 5.57. The van der Waals surface area contributed by atoms with Crippen molar-refractivity contribution in [3.8, 4) is 0 Å². The molecule has 4 heteroatoms. The lowest BCUT2D eigenvalue weighted by Crippen LogP contribution is -2.48. The highest BCUT2D eigenvalue weighted by Gasteiger charge is 2.27. The van der Waals surface area contributed by atoms with Crippen LogP contribution in [0.2, 0.25) is 0 Å². The Hall–Kier alpha value is -1.16. The van der Waals surface area contributed by atoms with Gasteiger partial charge in [0.15, 0.2) is 0 Å². The normalized spacial score (nSPS) is 23.0. The number of benzene rings is 1. The molecule has 21 heavy (non-hydrogen) atoms. The summed E-state index contributed by atoms with van der Waals surface area (Å²) in [5.74, 6) is 0.696. The number of hydrogen-bond acceptors (Lipinski definition) is 3. The van der Waals surface area contributed by atoms with Crippen LogP contribution >= 0.6 is 12.4 Å². The predicted octanol–water partition coefficient (Wildman–Crippen LogP) is 3.22. The average Bonchev–Trinajstić information content (AvgIpc) is 2.47. The van der Waals surface area contributed by atoms with Gasteiger partial charge in [0.2, 0.25) is 0 Å². The zero-order chi connectivity index (χ0) is 13.9. The first-order valence-corrected chi connectivity index (χ1v) is 7.55. The van der Waals surface area contributed by atoms with Crippen molar-refractivity contribution in [2.24, 2.45) is 11.7 Å². The van der Waals surface area contributed by atoms with Crippen LogP contribution in [0.25, 0.3) is 10.9 Å². The monoisotopic (exact) mass is 305 g/mol. The Morgan fingerprint density at radius 3 is 2.95 bits per heavy atom. The molecule has 114 valence electrons. The first-order valence-electron chi connectivity index (χ1n) is 7.55. The van der Waals surface area contributed by atoms with Crippen LogP contribution < -0.4 is 5.73 Å². The Bertz CT molecular complexity index is 587. The minimum absolute atomic E-state index is 0. The van der Waals surface area contributed by atoms with Gasteiger partial charge in [-0.1, -0.05) is 25.1 Å². The third kappa shape index (κ3) is 3.54. The second-order valence-electron chi connectivity index (χ2n) is 5.93. The molecule has 0 spiro atoms. The predicted molar refractivity (Wildman–Crippen MR) is 90.6 cm³/mol. The Balaban J connectivity index is 0.00000161. The van der Waals surface area contributed by atoms with Crippen molar-refractivity contribution >= 4 is 23.3 Å². The summed E-state index contributed by atoms with van der Waals surface area (Å²) >= 11 is 0. The first-order chi connectivity index (χ1) is 9.78. The number of nitrogens with two attached hydrogens (primary N) is 1. The molecule has 1 saturated heterocycles. The quantitative estimate of drug-likeness (QED) is 0.947. The maximum absolute atomic E-state index is 5.97. The van der Waals surface area contributed by atoms with Crippen molar-refractivity contribution in [1.29, 1.82) is 0 Å². The molecule has 2 N–H and O–H groups in total. The van der Waals surface area contributed by atoms with Crippen LogP contribution in [0.4, 0.5) is 0 Å². The van der Waals surface area contributed by atoms with E-state index in [-0.39, 0.29) is 12.4 Å². The van der Waals surface area contributed by atoms with E-state index < -0.39 is 0 Å². The van der Waals surface area contributed by atoms with Gasteiger partial charge in [0.25, 0.3) is 0 Å². The number of halogens is 1. The number of aromatic nitrogens is 1. The van der Waals surface area contributed by atoms with E-state index in [1.54, 1.807) is 0 Å². The molecule has 0 aliphatic carbocycles. The Morgan fingerprint density at radius 1 is 1.33 bits per heavy atom. The number of hydrogen-bond donors (Lipinski definition) is 1. The number of piperidine rings is 1. The summed E-state index contributed by atoms with van der Waals surface area (Å²) in [4.78, 5) is 7.09. The molecule has 2 atom stereocenters. The summed E-state index contributed by atoms with van der Waals surface area (Å²) < 4.78 is 0. The van der Waals surface area contributed by atoms with E-state index in [4.69, 9.17) is 5.73 Å². The SMILES string of the molecule is CC1CCCN(Cc2cnc3ccccc3c2)C1CN.Cl. The van der Waals surface area contributed by atoms with Crippen molar-refractivity contribution in [2.75, 3.05) is 13.1 Å². The summed E-state index contributed by atoms with van der Waals surface area (Å²) in [6.45, 7) is 5.19. The number of rotatable bonds is 3. The molecule has 1 aromatic carbocycles. The average molecular weight is 306 g/mol. The molecule has 0 radical (unpaired) electrons. The van der Waals surface area contributed by atoms with E-state index in [1.807, 2.05) is 12.3 Å². The molecule has 1 fully saturated rings. The van der Waals surface area contributed by atoms with Gasteiger partial charge in [0.05, 0.1) is 5.52 Å². The first kappa shape index (κ1) is 16.2. The third-order valence-corrected chi connectivity index (χ3v) is 4.50. The number of nitrogens with zero attached hydrogens (tertiary/aromatic N) is 2. The van der Waals surface area contributed by atoms with Gasteiger partial charge < -0.3 is 5.73 Å². The van der Waals surface area contributed by atoms with Gasteiger partial charge in [-0.3, -0.25) is 9.88 Å². The largest absolute Gasteiger partial charge is 0.329 e. The second-order valence-corrected chi connectivity index (χ2v) is 5.93. The van der Waals surface area contributed by atoms with Crippen LogP contribution in [0.15, 0.2) is 36.5 Å². The highest BCUT2D eigenvalue weighted by molar-refractivity contribution is 5.85. The van der Waals surface area contributed by atoms with Crippen LogP contribution in [0.5, 0.6) is 0 Å². The van der Waals surface area contributed by atoms with Crippen LogP contribution in [-0.2, 0) is 6.54 Å². The number of likely N-dealkylation sites (tertiary alicyclic amines) is 1. The molecule has 1 aromatic heterocycles. The Labute approximate surface area is 132 Å². The van der Waals surface area contributed by atoms with Crippen LogP contribution in [0, 0.1) is 5.92 Å². The highest BCUT2D eigenvalue weighted by Crippen LogP contribution is 2.24. The van der Waals surface area contributed by atoms with E-state index in [0.717, 1.165) is 25.2 Å². The van der Waals surface area contributed by atoms with Gasteiger partial charge in [0, 0.05) is 30.7 Å². The van der Waals surface area contributed by atoms with E-state index in [2.05, 4.69) is 41.1 Å². The molecule has 3 rings (SSSR count). The number of para-hydroxylation sites is 1. The van der Waals surface area contributed by atoms with Gasteiger partial charge in [0.1, 0.15) is 0 Å². The van der Waals surface area contributed by atoms with Crippen molar-refractivity contribution in [2.45, 2.75) is 32.4 Å². The molecular formula is C17H24ClN3. The van der Waals surface area contributed by atoms with E-state index in [9.17, 15) is 0 Å². The number of pyridine rings is 1. The fourth-order valence-corrected chi connectivity index (χ4v) is 3.35. The zero-order valence-corrected chi connectivity index (χ0v) is 13.4. The highest BCUT2D eigenvalue weighted by atomic mass is 35.5. The molecule has 0 amide bonds. The zero-order valence-electron chi connectivity index (χ0n) is 12.5. The van der Waals surface area contributed by atoms with E-state index in [0.29, 0.717) is 12.0 Å². The summed E-state index contributed by atoms with van der Waals surface area (Å²) in [6.07, 6.45) is 4.59. The van der Waals surface area contributed by atoms with Crippen LogP contribution in [0.1, 0.15) is 25.3 Å². The molecule has 0 saturated carbocycles. The van der Waals surface area contributed by atoms with Gasteiger partial charge in [-0.25, -0.2) is 0 Å².